The van der Waals surface area contributed by atoms with Crippen molar-refractivity contribution >= 4 is 40.9 Å². The van der Waals surface area contributed by atoms with E-state index in [1.165, 1.54) is 0 Å². The smallest absolute Gasteiger partial charge is 0.255 e. The van der Waals surface area contributed by atoms with Crippen molar-refractivity contribution in [3.8, 4) is 6.07 Å². The van der Waals surface area contributed by atoms with Crippen LogP contribution in [0.4, 0.5) is 0 Å². The quantitative estimate of drug-likeness (QED) is 0.399. The zero-order chi connectivity index (χ0) is 26.9. The molecule has 1 N–H and O–H groups in total. The highest BCUT2D eigenvalue weighted by Crippen LogP contribution is 2.39. The highest BCUT2D eigenvalue weighted by molar-refractivity contribution is 6.35. The molecular weight excluding hydrogens is 523 g/mol. The Kier molecular flexibility index (Phi) is 7.76. The van der Waals surface area contributed by atoms with Crippen LogP contribution in [0.3, 0.4) is 0 Å². The van der Waals surface area contributed by atoms with Gasteiger partial charge in [-0.25, -0.2) is 0 Å². The first-order valence-corrected chi connectivity index (χ1v) is 13.9. The lowest BCUT2D eigenvalue weighted by molar-refractivity contribution is -0.136. The normalized spacial score (nSPS) is 21.2. The summed E-state index contributed by atoms with van der Waals surface area (Å²) < 4.78 is 0. The summed E-state index contributed by atoms with van der Waals surface area (Å²) in [7, 11) is 0. The summed E-state index contributed by atoms with van der Waals surface area (Å²) in [5, 5.41) is 13.5. The molecule has 0 radical (unpaired) electrons. The Bertz CT molecular complexity index is 1310. The molecule has 0 bridgehead atoms. The number of carbonyl (C=O) groups is 3. The molecule has 198 valence electrons. The van der Waals surface area contributed by atoms with Crippen molar-refractivity contribution < 1.29 is 14.4 Å². The number of unbranched alkanes of at least 4 members (excludes halogenated alkanes) is 1. The number of halogens is 2. The highest BCUT2D eigenvalue weighted by atomic mass is 35.5. The monoisotopic (exact) mass is 552 g/mol. The van der Waals surface area contributed by atoms with Crippen molar-refractivity contribution in [2.75, 3.05) is 19.6 Å². The Labute approximate surface area is 232 Å². The number of imide groups is 1. The van der Waals surface area contributed by atoms with Gasteiger partial charge in [0.15, 0.2) is 0 Å². The van der Waals surface area contributed by atoms with Crippen LogP contribution in [0.2, 0.25) is 10.0 Å². The molecule has 7 nitrogen and oxygen atoms in total. The van der Waals surface area contributed by atoms with Gasteiger partial charge in [0.05, 0.1) is 11.5 Å². The topological polar surface area (TPSA) is 93.5 Å². The molecule has 0 aliphatic carbocycles. The van der Waals surface area contributed by atoms with Gasteiger partial charge in [-0.15, -0.1) is 0 Å². The summed E-state index contributed by atoms with van der Waals surface area (Å²) in [6.07, 6.45) is 4.93. The molecule has 3 aliphatic rings. The number of fused-ring (bicyclic) bond motifs is 1. The first-order valence-electron chi connectivity index (χ1n) is 13.2. The van der Waals surface area contributed by atoms with Crippen LogP contribution in [0.1, 0.15) is 65.6 Å². The van der Waals surface area contributed by atoms with Gasteiger partial charge in [-0.05, 0) is 93.0 Å². The number of piperidine rings is 2. The molecular formula is C29H30Cl2N4O3. The van der Waals surface area contributed by atoms with Gasteiger partial charge < -0.3 is 9.80 Å². The molecule has 0 spiro atoms. The molecule has 1 unspecified atom stereocenters. The fourth-order valence-electron chi connectivity index (χ4n) is 6.01. The Balaban J connectivity index is 1.14. The van der Waals surface area contributed by atoms with Crippen molar-refractivity contribution in [3.63, 3.8) is 0 Å². The van der Waals surface area contributed by atoms with Gasteiger partial charge in [0.2, 0.25) is 11.8 Å². The zero-order valence-corrected chi connectivity index (χ0v) is 22.7. The number of nitriles is 1. The standard InChI is InChI=1S/C29H30Cl2N4O3/c30-20-7-8-23(24(31)16-20)29(18-32)11-14-34(15-12-29)13-2-1-4-19-5-3-6-21-22(19)17-35(28(21)38)25-9-10-26(36)33-27(25)37/h3,5-8,16,25H,1-2,4,9-15,17H2,(H,33,36,37). The predicted molar refractivity (Wildman–Crippen MR) is 145 cm³/mol. The van der Waals surface area contributed by atoms with Crippen molar-refractivity contribution in [1.29, 1.82) is 5.26 Å². The van der Waals surface area contributed by atoms with Gasteiger partial charge in [0, 0.05) is 28.6 Å². The van der Waals surface area contributed by atoms with Crippen LogP contribution in [0, 0.1) is 11.3 Å². The number of nitrogens with one attached hydrogen (secondary N) is 1. The Hall–Kier alpha value is -2.92. The Morgan fingerprint density at radius 2 is 1.87 bits per heavy atom. The minimum absolute atomic E-state index is 0.133. The zero-order valence-electron chi connectivity index (χ0n) is 21.1. The van der Waals surface area contributed by atoms with Crippen LogP contribution in [-0.2, 0) is 28.0 Å². The summed E-state index contributed by atoms with van der Waals surface area (Å²) in [4.78, 5) is 40.9. The maximum atomic E-state index is 13.0. The lowest BCUT2D eigenvalue weighted by Crippen LogP contribution is -2.52. The Morgan fingerprint density at radius 1 is 1.08 bits per heavy atom. The summed E-state index contributed by atoms with van der Waals surface area (Å²) in [6, 6.07) is 13.1. The average Bonchev–Trinajstić information content (AvgIpc) is 3.24. The van der Waals surface area contributed by atoms with Gasteiger partial charge in [0.25, 0.3) is 5.91 Å². The van der Waals surface area contributed by atoms with Gasteiger partial charge in [0.1, 0.15) is 6.04 Å². The molecule has 2 aromatic rings. The van der Waals surface area contributed by atoms with Gasteiger partial charge >= 0.3 is 0 Å². The number of carbonyl (C=O) groups excluding carboxylic acids is 3. The van der Waals surface area contributed by atoms with Crippen LogP contribution in [0.15, 0.2) is 36.4 Å². The van der Waals surface area contributed by atoms with E-state index in [-0.39, 0.29) is 24.1 Å². The van der Waals surface area contributed by atoms with E-state index in [0.29, 0.717) is 28.6 Å². The molecule has 3 aliphatic heterocycles. The second kappa shape index (κ2) is 11.1. The largest absolute Gasteiger partial charge is 0.322 e. The van der Waals surface area contributed by atoms with E-state index in [1.54, 1.807) is 17.0 Å². The summed E-state index contributed by atoms with van der Waals surface area (Å²) in [5.41, 5.74) is 3.09. The van der Waals surface area contributed by atoms with E-state index >= 15 is 0 Å². The maximum Gasteiger partial charge on any atom is 0.255 e. The number of hydrogen-bond donors (Lipinski definition) is 1. The molecule has 2 saturated heterocycles. The molecule has 38 heavy (non-hydrogen) atoms. The molecule has 0 saturated carbocycles. The van der Waals surface area contributed by atoms with Crippen LogP contribution in [-0.4, -0.2) is 53.2 Å². The number of likely N-dealkylation sites (tertiary alicyclic amines) is 1. The predicted octanol–water partition coefficient (Wildman–Crippen LogP) is 4.63. The maximum absolute atomic E-state index is 13.0. The van der Waals surface area contributed by atoms with E-state index in [2.05, 4.69) is 22.4 Å². The third kappa shape index (κ3) is 5.18. The van der Waals surface area contributed by atoms with Gasteiger partial charge in [-0.3, -0.25) is 19.7 Å². The first-order chi connectivity index (χ1) is 18.3. The first kappa shape index (κ1) is 26.7. The lowest BCUT2D eigenvalue weighted by atomic mass is 9.74. The second-order valence-electron chi connectivity index (χ2n) is 10.5. The van der Waals surface area contributed by atoms with Crippen LogP contribution >= 0.6 is 23.2 Å². The van der Waals surface area contributed by atoms with Crippen molar-refractivity contribution in [2.24, 2.45) is 0 Å². The van der Waals surface area contributed by atoms with Crippen molar-refractivity contribution in [2.45, 2.75) is 62.9 Å². The summed E-state index contributed by atoms with van der Waals surface area (Å²) in [5.74, 6) is -0.799. The summed E-state index contributed by atoms with van der Waals surface area (Å²) >= 11 is 12.5. The van der Waals surface area contributed by atoms with E-state index in [9.17, 15) is 19.6 Å². The molecule has 0 aromatic heterocycles. The van der Waals surface area contributed by atoms with Crippen LogP contribution in [0.25, 0.3) is 0 Å². The number of rotatable bonds is 7. The number of amides is 3. The fraction of sp³-hybridized carbons (Fsp3) is 0.448. The SMILES string of the molecule is N#CC1(c2ccc(Cl)cc2Cl)CCN(CCCCc2cccc3c2CN(C2CCC(=O)NC2=O)C3=O)CC1. The third-order valence-corrected chi connectivity index (χ3v) is 8.77. The highest BCUT2D eigenvalue weighted by Gasteiger charge is 2.40. The van der Waals surface area contributed by atoms with Crippen LogP contribution < -0.4 is 5.32 Å². The lowest BCUT2D eigenvalue weighted by Gasteiger charge is -2.38. The number of hydrogen-bond acceptors (Lipinski definition) is 5. The third-order valence-electron chi connectivity index (χ3n) is 8.22. The molecule has 5 rings (SSSR count). The molecule has 1 atom stereocenters. The van der Waals surface area contributed by atoms with E-state index in [0.717, 1.165) is 68.4 Å². The number of aryl methyl sites for hydroxylation is 1. The van der Waals surface area contributed by atoms with E-state index in [1.807, 2.05) is 18.2 Å². The molecule has 3 amide bonds. The summed E-state index contributed by atoms with van der Waals surface area (Å²) in [6.45, 7) is 3.03. The van der Waals surface area contributed by atoms with Gasteiger partial charge in [-0.2, -0.15) is 5.26 Å². The average molecular weight is 553 g/mol. The van der Waals surface area contributed by atoms with E-state index in [4.69, 9.17) is 23.2 Å². The molecule has 2 fully saturated rings. The molecule has 3 heterocycles. The van der Waals surface area contributed by atoms with Crippen molar-refractivity contribution in [3.05, 3.63) is 68.7 Å². The second-order valence-corrected chi connectivity index (χ2v) is 11.3. The number of nitrogens with zero attached hydrogens (tertiary/aromatic N) is 3. The fourth-order valence-corrected chi connectivity index (χ4v) is 6.60. The van der Waals surface area contributed by atoms with Crippen LogP contribution in [0.5, 0.6) is 0 Å². The number of benzene rings is 2. The van der Waals surface area contributed by atoms with Gasteiger partial charge in [-0.1, -0.05) is 41.4 Å². The Morgan fingerprint density at radius 3 is 2.58 bits per heavy atom. The van der Waals surface area contributed by atoms with E-state index < -0.39 is 11.5 Å². The molecule has 2 aromatic carbocycles. The minimum Gasteiger partial charge on any atom is -0.322 e. The van der Waals surface area contributed by atoms with Crippen molar-refractivity contribution in [1.82, 2.24) is 15.1 Å². The molecule has 9 heteroatoms. The minimum atomic E-state index is -0.595.